The predicted molar refractivity (Wildman–Crippen MR) is 248 cm³/mol. The number of nitrogens with zero attached hydrogens (tertiary/aromatic N) is 1. The van der Waals surface area contributed by atoms with E-state index in [0.717, 1.165) is 110 Å². The van der Waals surface area contributed by atoms with Gasteiger partial charge in [0.25, 0.3) is 0 Å². The van der Waals surface area contributed by atoms with Crippen molar-refractivity contribution >= 4 is 11.9 Å². The molecule has 0 saturated heterocycles. The van der Waals surface area contributed by atoms with Crippen molar-refractivity contribution < 1.29 is 24.2 Å². The van der Waals surface area contributed by atoms with Gasteiger partial charge in [-0.05, 0) is 83.7 Å². The quantitative estimate of drug-likeness (QED) is 0.0487. The third-order valence-electron chi connectivity index (χ3n) is 13.2. The Morgan fingerprint density at radius 3 is 1.45 bits per heavy atom. The second kappa shape index (κ2) is 41.2. The summed E-state index contributed by atoms with van der Waals surface area (Å²) < 4.78 is 12.0. The molecule has 6 nitrogen and oxygen atoms in total. The van der Waals surface area contributed by atoms with Crippen LogP contribution >= 0.6 is 0 Å². The van der Waals surface area contributed by atoms with Gasteiger partial charge in [0, 0.05) is 13.0 Å². The monoisotopic (exact) mass is 820 g/mol. The summed E-state index contributed by atoms with van der Waals surface area (Å²) in [5.74, 6) is 0.119. The van der Waals surface area contributed by atoms with Crippen LogP contribution in [-0.4, -0.2) is 60.9 Å². The van der Waals surface area contributed by atoms with Gasteiger partial charge >= 0.3 is 11.9 Å². The van der Waals surface area contributed by atoms with Crippen LogP contribution in [0, 0.1) is 5.41 Å². The first-order valence-corrected chi connectivity index (χ1v) is 26.2. The Morgan fingerprint density at radius 2 is 0.948 bits per heavy atom. The van der Waals surface area contributed by atoms with E-state index >= 15 is 0 Å². The number of esters is 2. The molecule has 0 bridgehead atoms. The molecule has 0 amide bonds. The lowest BCUT2D eigenvalue weighted by Gasteiger charge is -2.36. The highest BCUT2D eigenvalue weighted by Crippen LogP contribution is 2.42. The first-order chi connectivity index (χ1) is 28.5. The first kappa shape index (κ1) is 54.9. The molecular weight excluding hydrogens is 719 g/mol. The first-order valence-electron chi connectivity index (χ1n) is 26.2. The minimum Gasteiger partial charge on any atom is -0.466 e. The SMILES string of the molecule is CCCCCCCCCCOC(=O)CCCCCCCN(CCO)CCCCCCC1(C(=O)OC(CCCCCCCCC)CCCCCCCCC)CCCCC1. The maximum Gasteiger partial charge on any atom is 0.312 e. The molecule has 58 heavy (non-hydrogen) atoms. The Bertz CT molecular complexity index is 871. The van der Waals surface area contributed by atoms with E-state index in [2.05, 4.69) is 25.7 Å². The molecule has 0 heterocycles. The molecule has 0 unspecified atom stereocenters. The van der Waals surface area contributed by atoms with Crippen molar-refractivity contribution in [3.63, 3.8) is 0 Å². The standard InChI is InChI=1S/C52H101NO5/c1-4-7-10-13-16-19-27-37-48-57-50(55)40-31-23-20-25-35-44-53(46-47-54)45-36-26-24-32-41-52(42-33-28-34-43-52)51(56)58-49(38-29-21-17-14-11-8-5-2)39-30-22-18-15-12-9-6-3/h49,54H,4-48H2,1-3H3. The molecule has 1 aliphatic carbocycles. The zero-order chi connectivity index (χ0) is 42.0. The summed E-state index contributed by atoms with van der Waals surface area (Å²) in [7, 11) is 0. The van der Waals surface area contributed by atoms with Crippen LogP contribution in [0.4, 0.5) is 0 Å². The Labute approximate surface area is 361 Å². The van der Waals surface area contributed by atoms with Gasteiger partial charge in [0.15, 0.2) is 0 Å². The zero-order valence-corrected chi connectivity index (χ0v) is 39.4. The van der Waals surface area contributed by atoms with Gasteiger partial charge in [-0.2, -0.15) is 0 Å². The fourth-order valence-corrected chi connectivity index (χ4v) is 9.24. The van der Waals surface area contributed by atoms with Gasteiger partial charge in [0.05, 0.1) is 18.6 Å². The van der Waals surface area contributed by atoms with E-state index in [1.807, 2.05) is 0 Å². The summed E-state index contributed by atoms with van der Waals surface area (Å²) >= 11 is 0. The second-order valence-electron chi connectivity index (χ2n) is 18.6. The number of ether oxygens (including phenoxy) is 2. The third-order valence-corrected chi connectivity index (χ3v) is 13.2. The van der Waals surface area contributed by atoms with Crippen molar-refractivity contribution in [3.05, 3.63) is 0 Å². The van der Waals surface area contributed by atoms with Crippen LogP contribution in [0.2, 0.25) is 0 Å². The predicted octanol–water partition coefficient (Wildman–Crippen LogP) is 15.4. The molecular formula is C52H101NO5. The van der Waals surface area contributed by atoms with Crippen LogP contribution in [0.25, 0.3) is 0 Å². The van der Waals surface area contributed by atoms with Crippen molar-refractivity contribution in [1.29, 1.82) is 0 Å². The molecule has 1 saturated carbocycles. The maximum atomic E-state index is 14.1. The fraction of sp³-hybridized carbons (Fsp3) is 0.962. The van der Waals surface area contributed by atoms with Crippen LogP contribution in [0.1, 0.15) is 278 Å². The number of unbranched alkanes of at least 4 members (excludes halogenated alkanes) is 26. The van der Waals surface area contributed by atoms with Crippen molar-refractivity contribution in [3.8, 4) is 0 Å². The Morgan fingerprint density at radius 1 is 0.517 bits per heavy atom. The fourth-order valence-electron chi connectivity index (χ4n) is 9.24. The Balaban J connectivity index is 2.34. The average Bonchev–Trinajstić information content (AvgIpc) is 3.23. The lowest BCUT2D eigenvalue weighted by Crippen LogP contribution is -2.37. The van der Waals surface area contributed by atoms with Gasteiger partial charge in [-0.1, -0.05) is 201 Å². The summed E-state index contributed by atoms with van der Waals surface area (Å²) in [6, 6.07) is 0. The smallest absolute Gasteiger partial charge is 0.312 e. The molecule has 0 aliphatic heterocycles. The molecule has 1 N–H and O–H groups in total. The number of rotatable bonds is 44. The van der Waals surface area contributed by atoms with Crippen LogP contribution < -0.4 is 0 Å². The highest BCUT2D eigenvalue weighted by Gasteiger charge is 2.41. The minimum atomic E-state index is -0.257. The average molecular weight is 820 g/mol. The van der Waals surface area contributed by atoms with E-state index in [-0.39, 0.29) is 30.1 Å². The van der Waals surface area contributed by atoms with Gasteiger partial charge < -0.3 is 19.5 Å². The Kier molecular flexibility index (Phi) is 39.0. The number of carbonyl (C=O) groups is 2. The molecule has 0 aromatic heterocycles. The van der Waals surface area contributed by atoms with Crippen LogP contribution in [0.3, 0.4) is 0 Å². The molecule has 0 aromatic rings. The van der Waals surface area contributed by atoms with E-state index in [4.69, 9.17) is 9.47 Å². The van der Waals surface area contributed by atoms with Gasteiger partial charge in [0.2, 0.25) is 0 Å². The van der Waals surface area contributed by atoms with E-state index in [1.165, 1.54) is 161 Å². The number of aliphatic hydroxyl groups is 1. The minimum absolute atomic E-state index is 0.0253. The highest BCUT2D eigenvalue weighted by atomic mass is 16.5. The number of hydrogen-bond acceptors (Lipinski definition) is 6. The molecule has 0 atom stereocenters. The van der Waals surface area contributed by atoms with Crippen molar-refractivity contribution in [2.45, 2.75) is 284 Å². The van der Waals surface area contributed by atoms with E-state index in [9.17, 15) is 14.7 Å². The van der Waals surface area contributed by atoms with Crippen LogP contribution in [-0.2, 0) is 19.1 Å². The highest BCUT2D eigenvalue weighted by molar-refractivity contribution is 5.77. The van der Waals surface area contributed by atoms with Crippen molar-refractivity contribution in [2.24, 2.45) is 5.41 Å². The lowest BCUT2D eigenvalue weighted by atomic mass is 9.71. The molecule has 1 aliphatic rings. The number of aliphatic hydroxyl groups excluding tert-OH is 1. The summed E-state index contributed by atoms with van der Waals surface area (Å²) in [6.07, 6.45) is 47.8. The molecule has 0 radical (unpaired) electrons. The number of hydrogen-bond donors (Lipinski definition) is 1. The second-order valence-corrected chi connectivity index (χ2v) is 18.6. The lowest BCUT2D eigenvalue weighted by molar-refractivity contribution is -0.165. The third kappa shape index (κ3) is 31.7. The van der Waals surface area contributed by atoms with Crippen LogP contribution in [0.5, 0.6) is 0 Å². The van der Waals surface area contributed by atoms with Crippen molar-refractivity contribution in [1.82, 2.24) is 4.90 Å². The summed E-state index contributed by atoms with van der Waals surface area (Å²) in [4.78, 5) is 28.6. The summed E-state index contributed by atoms with van der Waals surface area (Å²) in [5, 5.41) is 9.70. The molecule has 1 fully saturated rings. The maximum absolute atomic E-state index is 14.1. The molecule has 344 valence electrons. The Hall–Kier alpha value is -1.14. The van der Waals surface area contributed by atoms with E-state index in [0.29, 0.717) is 13.0 Å². The van der Waals surface area contributed by atoms with Gasteiger partial charge in [-0.25, -0.2) is 0 Å². The van der Waals surface area contributed by atoms with Gasteiger partial charge in [-0.15, -0.1) is 0 Å². The molecule has 0 aromatic carbocycles. The molecule has 0 spiro atoms. The summed E-state index contributed by atoms with van der Waals surface area (Å²) in [6.45, 7) is 10.4. The number of carbonyl (C=O) groups excluding carboxylic acids is 2. The topological polar surface area (TPSA) is 76.1 Å². The van der Waals surface area contributed by atoms with Crippen LogP contribution in [0.15, 0.2) is 0 Å². The molecule has 6 heteroatoms. The van der Waals surface area contributed by atoms with E-state index in [1.54, 1.807) is 0 Å². The molecule has 1 rings (SSSR count). The zero-order valence-electron chi connectivity index (χ0n) is 39.4. The normalized spacial score (nSPS) is 14.1. The largest absolute Gasteiger partial charge is 0.466 e. The van der Waals surface area contributed by atoms with E-state index < -0.39 is 0 Å². The summed E-state index contributed by atoms with van der Waals surface area (Å²) in [5.41, 5.74) is -0.257. The van der Waals surface area contributed by atoms with Crippen molar-refractivity contribution in [2.75, 3.05) is 32.8 Å². The van der Waals surface area contributed by atoms with Gasteiger partial charge in [0.1, 0.15) is 6.10 Å². The van der Waals surface area contributed by atoms with Gasteiger partial charge in [-0.3, -0.25) is 9.59 Å².